The minimum atomic E-state index is 0.839. The first-order valence-electron chi connectivity index (χ1n) is 21.5. The molecule has 0 aliphatic rings. The molecular formula is C60H37NO2. The third kappa shape index (κ3) is 5.53. The SMILES string of the molecule is c1ccc(-c2cccc3c2oc2c(N(c4ccc5c(ccc6ccccc65)c4)c4ccc(-c5ccc(-c6ccccc6)c6oc7ccccc7c56)c5ccccc45)cccc23)cc1. The van der Waals surface area contributed by atoms with Crippen LogP contribution in [0.2, 0.25) is 0 Å². The van der Waals surface area contributed by atoms with Gasteiger partial charge in [0.15, 0.2) is 5.58 Å². The average Bonchev–Trinajstić information content (AvgIpc) is 3.94. The molecule has 2 heterocycles. The Morgan fingerprint density at radius 1 is 0.286 bits per heavy atom. The van der Waals surface area contributed by atoms with Crippen LogP contribution in [0.4, 0.5) is 17.1 Å². The van der Waals surface area contributed by atoms with E-state index in [2.05, 4.69) is 223 Å². The number of rotatable bonds is 6. The Hall–Kier alpha value is -8.40. The van der Waals surface area contributed by atoms with Crippen molar-refractivity contribution in [3.8, 4) is 33.4 Å². The lowest BCUT2D eigenvalue weighted by molar-refractivity contribution is 0.669. The van der Waals surface area contributed by atoms with Gasteiger partial charge in [-0.25, -0.2) is 0 Å². The second-order valence-corrected chi connectivity index (χ2v) is 16.3. The second kappa shape index (κ2) is 14.1. The van der Waals surface area contributed by atoms with Crippen LogP contribution in [-0.2, 0) is 0 Å². The van der Waals surface area contributed by atoms with E-state index in [1.165, 1.54) is 21.5 Å². The van der Waals surface area contributed by atoms with Gasteiger partial charge >= 0.3 is 0 Å². The first-order valence-corrected chi connectivity index (χ1v) is 21.5. The molecule has 0 fully saturated rings. The standard InChI is InChI=1S/C60H37NO2/c1-3-15-38(16-4-1)45-24-13-25-51-52-26-14-27-55(59(52)63-58(45)51)61(42-31-32-44-41(37-42)30-29-40-19-7-8-20-43(40)44)54-36-35-48(47-21-9-10-22-49(47)54)50-34-33-46(39-17-5-2-6-18-39)60-57(50)53-23-11-12-28-56(53)62-60/h1-37H. The normalized spacial score (nSPS) is 11.8. The molecule has 3 heteroatoms. The summed E-state index contributed by atoms with van der Waals surface area (Å²) in [6.45, 7) is 0. The summed E-state index contributed by atoms with van der Waals surface area (Å²) < 4.78 is 13.9. The Kier molecular flexibility index (Phi) is 7.91. The van der Waals surface area contributed by atoms with Gasteiger partial charge in [-0.1, -0.05) is 188 Å². The van der Waals surface area contributed by atoms with E-state index in [0.717, 1.165) is 105 Å². The summed E-state index contributed by atoms with van der Waals surface area (Å²) in [6.07, 6.45) is 0. The highest BCUT2D eigenvalue weighted by Gasteiger charge is 2.25. The Morgan fingerprint density at radius 3 is 1.68 bits per heavy atom. The molecule has 0 aliphatic heterocycles. The van der Waals surface area contributed by atoms with E-state index in [1.54, 1.807) is 0 Å². The molecule has 0 bridgehead atoms. The van der Waals surface area contributed by atoms with Crippen molar-refractivity contribution >= 4 is 93.3 Å². The Labute approximate surface area is 363 Å². The lowest BCUT2D eigenvalue weighted by Gasteiger charge is -2.28. The summed E-state index contributed by atoms with van der Waals surface area (Å²) in [5.41, 5.74) is 13.2. The highest BCUT2D eigenvalue weighted by Crippen LogP contribution is 2.49. The van der Waals surface area contributed by atoms with Crippen molar-refractivity contribution in [2.24, 2.45) is 0 Å². The van der Waals surface area contributed by atoms with Crippen LogP contribution in [0.3, 0.4) is 0 Å². The number of anilines is 3. The van der Waals surface area contributed by atoms with Crippen molar-refractivity contribution in [1.29, 1.82) is 0 Å². The van der Waals surface area contributed by atoms with Crippen LogP contribution in [-0.4, -0.2) is 0 Å². The average molecular weight is 804 g/mol. The highest BCUT2D eigenvalue weighted by atomic mass is 16.3. The molecule has 2 aromatic heterocycles. The molecule has 13 aromatic rings. The lowest BCUT2D eigenvalue weighted by atomic mass is 9.91. The number of furan rings is 2. The molecule has 0 unspecified atom stereocenters. The van der Waals surface area contributed by atoms with Crippen LogP contribution in [0.5, 0.6) is 0 Å². The molecular weight excluding hydrogens is 767 g/mol. The first-order chi connectivity index (χ1) is 31.3. The molecule has 3 nitrogen and oxygen atoms in total. The van der Waals surface area contributed by atoms with E-state index >= 15 is 0 Å². The van der Waals surface area contributed by atoms with E-state index in [4.69, 9.17) is 8.83 Å². The van der Waals surface area contributed by atoms with E-state index in [-0.39, 0.29) is 0 Å². The number of hydrogen-bond acceptors (Lipinski definition) is 3. The van der Waals surface area contributed by atoms with E-state index < -0.39 is 0 Å². The Morgan fingerprint density at radius 2 is 0.873 bits per heavy atom. The fourth-order valence-electron chi connectivity index (χ4n) is 9.98. The Balaban J connectivity index is 1.08. The number of fused-ring (bicyclic) bond motifs is 10. The van der Waals surface area contributed by atoms with Crippen LogP contribution >= 0.6 is 0 Å². The molecule has 13 rings (SSSR count). The van der Waals surface area contributed by atoms with Gasteiger partial charge in [-0.15, -0.1) is 0 Å². The molecule has 0 aliphatic carbocycles. The van der Waals surface area contributed by atoms with Crippen molar-refractivity contribution in [3.05, 3.63) is 224 Å². The van der Waals surface area contributed by atoms with Gasteiger partial charge in [-0.05, 0) is 85.6 Å². The van der Waals surface area contributed by atoms with Gasteiger partial charge in [0.25, 0.3) is 0 Å². The molecule has 0 atom stereocenters. The largest absolute Gasteiger partial charge is 0.455 e. The summed E-state index contributed by atoms with van der Waals surface area (Å²) >= 11 is 0. The van der Waals surface area contributed by atoms with Crippen molar-refractivity contribution in [2.75, 3.05) is 4.90 Å². The predicted molar refractivity (Wildman–Crippen MR) is 265 cm³/mol. The second-order valence-electron chi connectivity index (χ2n) is 16.3. The smallest absolute Gasteiger partial charge is 0.159 e. The number of nitrogens with zero attached hydrogens (tertiary/aromatic N) is 1. The summed E-state index contributed by atoms with van der Waals surface area (Å²) in [5.74, 6) is 0. The zero-order valence-corrected chi connectivity index (χ0v) is 34.1. The van der Waals surface area contributed by atoms with Crippen molar-refractivity contribution in [1.82, 2.24) is 0 Å². The zero-order valence-electron chi connectivity index (χ0n) is 34.1. The van der Waals surface area contributed by atoms with Crippen molar-refractivity contribution in [3.63, 3.8) is 0 Å². The third-order valence-corrected chi connectivity index (χ3v) is 12.9. The molecule has 0 N–H and O–H groups in total. The van der Waals surface area contributed by atoms with Crippen LogP contribution in [0.1, 0.15) is 0 Å². The summed E-state index contributed by atoms with van der Waals surface area (Å²) in [6, 6.07) is 80.3. The fourth-order valence-corrected chi connectivity index (χ4v) is 9.98. The van der Waals surface area contributed by atoms with Crippen LogP contribution in [0, 0.1) is 0 Å². The molecule has 294 valence electrons. The van der Waals surface area contributed by atoms with Gasteiger partial charge in [0.1, 0.15) is 16.7 Å². The van der Waals surface area contributed by atoms with Gasteiger partial charge in [-0.2, -0.15) is 0 Å². The van der Waals surface area contributed by atoms with Crippen molar-refractivity contribution < 1.29 is 8.83 Å². The van der Waals surface area contributed by atoms with Crippen LogP contribution in [0.25, 0.3) is 110 Å². The topological polar surface area (TPSA) is 29.5 Å². The number of benzene rings is 11. The predicted octanol–water partition coefficient (Wildman–Crippen LogP) is 17.4. The fraction of sp³-hybridized carbons (Fsp3) is 0. The monoisotopic (exact) mass is 803 g/mol. The van der Waals surface area contributed by atoms with Gasteiger partial charge in [0.05, 0.1) is 11.4 Å². The van der Waals surface area contributed by atoms with Crippen molar-refractivity contribution in [2.45, 2.75) is 0 Å². The Bertz CT molecular complexity index is 3920. The molecule has 0 spiro atoms. The molecule has 0 saturated heterocycles. The third-order valence-electron chi connectivity index (χ3n) is 12.9. The quantitative estimate of drug-likeness (QED) is 0.157. The maximum absolute atomic E-state index is 7.12. The van der Waals surface area contributed by atoms with Gasteiger partial charge < -0.3 is 13.7 Å². The molecule has 63 heavy (non-hydrogen) atoms. The summed E-state index contributed by atoms with van der Waals surface area (Å²) in [4.78, 5) is 2.40. The van der Waals surface area contributed by atoms with Gasteiger partial charge in [0, 0.05) is 43.7 Å². The maximum atomic E-state index is 7.12. The van der Waals surface area contributed by atoms with E-state index in [0.29, 0.717) is 0 Å². The molecule has 0 amide bonds. The number of hydrogen-bond donors (Lipinski definition) is 0. The molecule has 0 radical (unpaired) electrons. The van der Waals surface area contributed by atoms with E-state index in [9.17, 15) is 0 Å². The van der Waals surface area contributed by atoms with Gasteiger partial charge in [0.2, 0.25) is 0 Å². The zero-order chi connectivity index (χ0) is 41.4. The summed E-state index contributed by atoms with van der Waals surface area (Å²) in [5, 5.41) is 11.5. The minimum absolute atomic E-state index is 0.839. The minimum Gasteiger partial charge on any atom is -0.455 e. The van der Waals surface area contributed by atoms with Gasteiger partial charge in [-0.3, -0.25) is 0 Å². The number of para-hydroxylation sites is 3. The van der Waals surface area contributed by atoms with Crippen LogP contribution in [0.15, 0.2) is 233 Å². The summed E-state index contributed by atoms with van der Waals surface area (Å²) in [7, 11) is 0. The first kappa shape index (κ1) is 35.4. The molecule has 11 aromatic carbocycles. The lowest BCUT2D eigenvalue weighted by Crippen LogP contribution is -2.11. The van der Waals surface area contributed by atoms with E-state index in [1.807, 2.05) is 6.07 Å². The highest BCUT2D eigenvalue weighted by molar-refractivity contribution is 6.20. The van der Waals surface area contributed by atoms with Crippen LogP contribution < -0.4 is 4.90 Å². The molecule has 0 saturated carbocycles. The maximum Gasteiger partial charge on any atom is 0.159 e.